The second-order valence-electron chi connectivity index (χ2n) is 10.8. The van der Waals surface area contributed by atoms with Crippen LogP contribution in [0.1, 0.15) is 51.3 Å². The number of nitrogens with two attached hydrogens (primary N) is 1. The van der Waals surface area contributed by atoms with E-state index in [1.165, 1.54) is 12.2 Å². The minimum Gasteiger partial charge on any atom is -0.382 e. The quantitative estimate of drug-likeness (QED) is 0.126. The van der Waals surface area contributed by atoms with Gasteiger partial charge in [-0.1, -0.05) is 31.5 Å². The minimum atomic E-state index is -0.404. The number of imide groups is 1. The molecule has 242 valence electrons. The molecule has 0 saturated carbocycles. The number of hydrogen-bond donors (Lipinski definition) is 3. The third-order valence-corrected chi connectivity index (χ3v) is 7.45. The van der Waals surface area contributed by atoms with Gasteiger partial charge < -0.3 is 30.4 Å². The third kappa shape index (κ3) is 9.56. The molecule has 1 aromatic carbocycles. The molecule has 45 heavy (non-hydrogen) atoms. The summed E-state index contributed by atoms with van der Waals surface area (Å²) in [6, 6.07) is 8.00. The number of benzene rings is 1. The van der Waals surface area contributed by atoms with Crippen LogP contribution in [0.4, 0.5) is 5.82 Å². The molecule has 1 aliphatic heterocycles. The second kappa shape index (κ2) is 17.2. The molecule has 3 heterocycles. The number of aromatic nitrogens is 3. The summed E-state index contributed by atoms with van der Waals surface area (Å²) in [5, 5.41) is 6.68. The number of aryl methyl sites for hydroxylation is 2. The zero-order valence-corrected chi connectivity index (χ0v) is 25.9. The number of unbranched alkanes of at least 4 members (excludes halogenated alkanes) is 2. The molecule has 0 unspecified atom stereocenters. The number of para-hydroxylation sites is 1. The van der Waals surface area contributed by atoms with Crippen molar-refractivity contribution in [1.29, 1.82) is 0 Å². The summed E-state index contributed by atoms with van der Waals surface area (Å²) in [6.45, 7) is 5.14. The van der Waals surface area contributed by atoms with Gasteiger partial charge in [0.05, 0.1) is 37.5 Å². The summed E-state index contributed by atoms with van der Waals surface area (Å²) < 4.78 is 13.2. The van der Waals surface area contributed by atoms with Crippen molar-refractivity contribution >= 4 is 51.4 Å². The molecule has 13 nitrogen and oxygen atoms in total. The van der Waals surface area contributed by atoms with Gasteiger partial charge in [0.1, 0.15) is 11.3 Å². The van der Waals surface area contributed by atoms with Gasteiger partial charge in [-0.25, -0.2) is 9.97 Å². The number of nitrogen functional groups attached to an aromatic ring is 1. The average Bonchev–Trinajstić information content (AvgIpc) is 3.56. The number of fused-ring (bicyclic) bond motifs is 3. The highest BCUT2D eigenvalue weighted by atomic mass is 16.5. The smallest absolute Gasteiger partial charge is 0.253 e. The number of anilines is 1. The minimum absolute atomic E-state index is 0.0387. The van der Waals surface area contributed by atoms with Crippen molar-refractivity contribution in [3.8, 4) is 0 Å². The maximum Gasteiger partial charge on any atom is 0.253 e. The van der Waals surface area contributed by atoms with E-state index >= 15 is 0 Å². The predicted molar refractivity (Wildman–Crippen MR) is 170 cm³/mol. The van der Waals surface area contributed by atoms with Crippen LogP contribution in [0, 0.1) is 0 Å². The lowest BCUT2D eigenvalue weighted by Gasteiger charge is -2.13. The molecule has 0 aliphatic carbocycles. The zero-order chi connectivity index (χ0) is 32.0. The molecular weight excluding hydrogens is 578 g/mol. The van der Waals surface area contributed by atoms with Crippen molar-refractivity contribution in [2.24, 2.45) is 0 Å². The molecule has 3 aromatic rings. The number of carbonyl (C=O) groups is 4. The Bertz CT molecular complexity index is 1500. The highest BCUT2D eigenvalue weighted by Gasteiger charge is 2.23. The molecule has 1 aliphatic rings. The van der Waals surface area contributed by atoms with Gasteiger partial charge in [0.25, 0.3) is 11.8 Å². The third-order valence-electron chi connectivity index (χ3n) is 7.45. The maximum atomic E-state index is 12.2. The van der Waals surface area contributed by atoms with Gasteiger partial charge in [-0.2, -0.15) is 0 Å². The van der Waals surface area contributed by atoms with E-state index in [2.05, 4.69) is 33.2 Å². The topological polar surface area (TPSA) is 171 Å². The van der Waals surface area contributed by atoms with Gasteiger partial charge in [-0.05, 0) is 25.3 Å². The second-order valence-corrected chi connectivity index (χ2v) is 10.8. The highest BCUT2D eigenvalue weighted by molar-refractivity contribution is 6.13. The van der Waals surface area contributed by atoms with Crippen molar-refractivity contribution < 1.29 is 28.7 Å². The Labute approximate surface area is 262 Å². The van der Waals surface area contributed by atoms with Gasteiger partial charge in [0.2, 0.25) is 11.8 Å². The summed E-state index contributed by atoms with van der Waals surface area (Å²) in [4.78, 5) is 57.5. The van der Waals surface area contributed by atoms with E-state index in [0.717, 1.165) is 71.3 Å². The summed E-state index contributed by atoms with van der Waals surface area (Å²) in [6.07, 6.45) is 7.39. The Kier molecular flexibility index (Phi) is 12.8. The number of carbonyl (C=O) groups excluding carboxylic acids is 4. The molecular formula is C32H43N7O6. The van der Waals surface area contributed by atoms with Crippen LogP contribution in [0.2, 0.25) is 0 Å². The van der Waals surface area contributed by atoms with Gasteiger partial charge >= 0.3 is 0 Å². The van der Waals surface area contributed by atoms with Crippen molar-refractivity contribution in [3.05, 3.63) is 42.2 Å². The van der Waals surface area contributed by atoms with E-state index in [-0.39, 0.29) is 31.2 Å². The van der Waals surface area contributed by atoms with Crippen molar-refractivity contribution in [2.75, 3.05) is 51.8 Å². The summed E-state index contributed by atoms with van der Waals surface area (Å²) in [5.74, 6) is 0.339. The van der Waals surface area contributed by atoms with Crippen LogP contribution in [-0.4, -0.2) is 89.1 Å². The van der Waals surface area contributed by atoms with E-state index in [1.54, 1.807) is 0 Å². The molecule has 0 radical (unpaired) electrons. The van der Waals surface area contributed by atoms with Crippen LogP contribution < -0.4 is 16.4 Å². The first kappa shape index (κ1) is 33.5. The molecule has 0 saturated heterocycles. The van der Waals surface area contributed by atoms with E-state index in [4.69, 9.17) is 20.2 Å². The summed E-state index contributed by atoms with van der Waals surface area (Å²) >= 11 is 0. The SMILES string of the molecule is CCCCc1nc2c(N)nc3ccccc3c2n1CCCCNC(=O)CCOCCOCCNC(=O)CCN1C(=O)C=CC1=O. The number of rotatable bonds is 20. The lowest BCUT2D eigenvalue weighted by atomic mass is 10.2. The van der Waals surface area contributed by atoms with Gasteiger partial charge in [0.15, 0.2) is 5.82 Å². The maximum absolute atomic E-state index is 12.2. The van der Waals surface area contributed by atoms with E-state index in [1.807, 2.05) is 18.2 Å². The van der Waals surface area contributed by atoms with Crippen LogP contribution in [0.3, 0.4) is 0 Å². The first-order valence-corrected chi connectivity index (χ1v) is 15.6. The number of ether oxygens (including phenoxy) is 2. The zero-order valence-electron chi connectivity index (χ0n) is 25.9. The normalized spacial score (nSPS) is 13.0. The molecule has 2 aromatic heterocycles. The van der Waals surface area contributed by atoms with Crippen LogP contribution >= 0.6 is 0 Å². The molecule has 0 spiro atoms. The van der Waals surface area contributed by atoms with Gasteiger partial charge in [-0.3, -0.25) is 24.1 Å². The largest absolute Gasteiger partial charge is 0.382 e. The number of amides is 4. The van der Waals surface area contributed by atoms with Crippen molar-refractivity contribution in [1.82, 2.24) is 30.1 Å². The molecule has 0 atom stereocenters. The van der Waals surface area contributed by atoms with Gasteiger partial charge in [0, 0.05) is 63.0 Å². The van der Waals surface area contributed by atoms with Crippen molar-refractivity contribution in [3.63, 3.8) is 0 Å². The van der Waals surface area contributed by atoms with Crippen LogP contribution in [0.15, 0.2) is 36.4 Å². The number of nitrogens with zero attached hydrogens (tertiary/aromatic N) is 4. The Hall–Kier alpha value is -4.36. The van der Waals surface area contributed by atoms with E-state index in [0.29, 0.717) is 45.3 Å². The average molecular weight is 622 g/mol. The van der Waals surface area contributed by atoms with Crippen LogP contribution in [0.5, 0.6) is 0 Å². The van der Waals surface area contributed by atoms with Crippen molar-refractivity contribution in [2.45, 2.75) is 58.4 Å². The summed E-state index contributed by atoms with van der Waals surface area (Å²) in [5.41, 5.74) is 8.93. The van der Waals surface area contributed by atoms with Crippen LogP contribution in [-0.2, 0) is 41.6 Å². The predicted octanol–water partition coefficient (Wildman–Crippen LogP) is 2.26. The monoisotopic (exact) mass is 621 g/mol. The van der Waals surface area contributed by atoms with E-state index in [9.17, 15) is 19.2 Å². The number of nitrogens with one attached hydrogen (secondary N) is 2. The first-order valence-electron chi connectivity index (χ1n) is 15.6. The molecule has 0 bridgehead atoms. The Balaban J connectivity index is 1.05. The Morgan fingerprint density at radius 3 is 2.33 bits per heavy atom. The highest BCUT2D eigenvalue weighted by Crippen LogP contribution is 2.29. The fourth-order valence-corrected chi connectivity index (χ4v) is 5.09. The van der Waals surface area contributed by atoms with Crippen LogP contribution in [0.25, 0.3) is 21.9 Å². The number of pyridine rings is 1. The first-order chi connectivity index (χ1) is 21.9. The fraction of sp³-hybridized carbons (Fsp3) is 0.500. The Morgan fingerprint density at radius 1 is 0.844 bits per heavy atom. The summed E-state index contributed by atoms with van der Waals surface area (Å²) in [7, 11) is 0. The Morgan fingerprint density at radius 2 is 1.56 bits per heavy atom. The fourth-order valence-electron chi connectivity index (χ4n) is 5.09. The molecule has 4 amide bonds. The lowest BCUT2D eigenvalue weighted by molar-refractivity contribution is -0.137. The molecule has 13 heteroatoms. The molecule has 4 rings (SSSR count). The number of hydrogen-bond acceptors (Lipinski definition) is 9. The standard InChI is InChI=1S/C32H43N7O6/c1-2-3-10-25-37-30-31(23-8-4-5-9-24(23)36-32(30)33)38(25)17-7-6-15-34-27(41)14-19-44-21-22-45-20-16-35-26(40)13-18-39-28(42)11-12-29(39)43/h4-5,8-9,11-12H,2-3,6-7,10,13-22H2,1H3,(H2,33,36)(H,34,41)(H,35,40). The molecule has 4 N–H and O–H groups in total. The number of imidazole rings is 1. The van der Waals surface area contributed by atoms with Gasteiger partial charge in [-0.15, -0.1) is 0 Å². The molecule has 0 fully saturated rings. The van der Waals surface area contributed by atoms with E-state index < -0.39 is 11.8 Å². The lowest BCUT2D eigenvalue weighted by Crippen LogP contribution is -2.35.